The zero-order chi connectivity index (χ0) is 22.1. The largest absolute Gasteiger partial charge is 0.465 e. The van der Waals surface area contributed by atoms with Gasteiger partial charge in [0, 0.05) is 0 Å². The number of carbonyl (C=O) groups excluding carboxylic acids is 3. The molecule has 0 saturated carbocycles. The summed E-state index contributed by atoms with van der Waals surface area (Å²) in [7, 11) is -5.05. The van der Waals surface area contributed by atoms with Gasteiger partial charge in [-0.15, -0.1) is 0 Å². The molecule has 28 heavy (non-hydrogen) atoms. The topological polar surface area (TPSA) is 133 Å². The number of carbonyl (C=O) groups is 3. The van der Waals surface area contributed by atoms with Gasteiger partial charge in [0.25, 0.3) is 10.1 Å². The molecule has 0 bridgehead atoms. The van der Waals surface area contributed by atoms with Crippen molar-refractivity contribution >= 4 is 28.0 Å². The summed E-state index contributed by atoms with van der Waals surface area (Å²) in [4.78, 5) is 36.8. The van der Waals surface area contributed by atoms with Crippen molar-refractivity contribution in [2.24, 2.45) is 23.7 Å². The van der Waals surface area contributed by atoms with Crippen LogP contribution in [-0.4, -0.2) is 55.9 Å². The second kappa shape index (κ2) is 12.0. The highest BCUT2D eigenvalue weighted by Crippen LogP contribution is 2.22. The third kappa shape index (κ3) is 10.6. The zero-order valence-electron chi connectivity index (χ0n) is 17.3. The van der Waals surface area contributed by atoms with Crippen LogP contribution in [0.1, 0.15) is 48.0 Å². The van der Waals surface area contributed by atoms with Crippen LogP contribution in [0.5, 0.6) is 0 Å². The molecule has 0 aliphatic rings. The predicted molar refractivity (Wildman–Crippen MR) is 101 cm³/mol. The molecule has 0 radical (unpaired) electrons. The van der Waals surface area contributed by atoms with Crippen LogP contribution in [0.4, 0.5) is 0 Å². The first-order valence-corrected chi connectivity index (χ1v) is 10.7. The molecule has 2 atom stereocenters. The maximum atomic E-state index is 12.4. The average Bonchev–Trinajstić information content (AvgIpc) is 2.54. The molecule has 9 nitrogen and oxygen atoms in total. The van der Waals surface area contributed by atoms with Gasteiger partial charge in [-0.05, 0) is 17.8 Å². The normalized spacial score (nSPS) is 14.1. The Morgan fingerprint density at radius 1 is 0.750 bits per heavy atom. The lowest BCUT2D eigenvalue weighted by molar-refractivity contribution is -0.160. The summed E-state index contributed by atoms with van der Waals surface area (Å²) < 4.78 is 48.1. The van der Waals surface area contributed by atoms with Gasteiger partial charge in [-0.1, -0.05) is 41.5 Å². The second-order valence-corrected chi connectivity index (χ2v) is 9.41. The maximum absolute atomic E-state index is 12.4. The third-order valence-electron chi connectivity index (χ3n) is 3.30. The first kappa shape index (κ1) is 26.3. The first-order chi connectivity index (χ1) is 12.8. The lowest BCUT2D eigenvalue weighted by Crippen LogP contribution is -2.44. The smallest absolute Gasteiger partial charge is 0.327 e. The fourth-order valence-electron chi connectivity index (χ4n) is 1.99. The molecule has 0 fully saturated rings. The van der Waals surface area contributed by atoms with Gasteiger partial charge in [0.1, 0.15) is 0 Å². The van der Waals surface area contributed by atoms with Crippen LogP contribution in [0, 0.1) is 23.7 Å². The minimum Gasteiger partial charge on any atom is -0.465 e. The van der Waals surface area contributed by atoms with Crippen molar-refractivity contribution < 1.29 is 41.6 Å². The highest BCUT2D eigenvalue weighted by molar-refractivity contribution is 7.87. The predicted octanol–water partition coefficient (Wildman–Crippen LogP) is 1.85. The molecule has 0 aromatic carbocycles. The van der Waals surface area contributed by atoms with E-state index in [-0.39, 0.29) is 37.6 Å². The molecule has 1 N–H and O–H groups in total. The molecule has 2 unspecified atom stereocenters. The monoisotopic (exact) mass is 424 g/mol. The second-order valence-electron chi connectivity index (χ2n) is 7.87. The Labute approximate surface area is 166 Å². The summed E-state index contributed by atoms with van der Waals surface area (Å²) in [6, 6.07) is 0. The van der Waals surface area contributed by atoms with Gasteiger partial charge in [-0.3, -0.25) is 18.9 Å². The van der Waals surface area contributed by atoms with Crippen molar-refractivity contribution in [1.82, 2.24) is 0 Å². The van der Waals surface area contributed by atoms with E-state index < -0.39 is 45.6 Å². The van der Waals surface area contributed by atoms with E-state index in [9.17, 15) is 27.4 Å². The Balaban J connectivity index is 5.66. The Morgan fingerprint density at radius 2 is 1.14 bits per heavy atom. The van der Waals surface area contributed by atoms with Crippen molar-refractivity contribution in [3.05, 3.63) is 0 Å². The van der Waals surface area contributed by atoms with Gasteiger partial charge in [-0.2, -0.15) is 8.42 Å². The van der Waals surface area contributed by atoms with Crippen molar-refractivity contribution in [3.8, 4) is 0 Å². The van der Waals surface area contributed by atoms with E-state index in [2.05, 4.69) is 0 Å². The number of hydrogen-bond acceptors (Lipinski definition) is 8. The van der Waals surface area contributed by atoms with E-state index in [1.807, 2.05) is 0 Å². The fourth-order valence-corrected chi connectivity index (χ4v) is 2.93. The molecule has 0 aliphatic heterocycles. The van der Waals surface area contributed by atoms with Gasteiger partial charge in [0.2, 0.25) is 0 Å². The number of esters is 3. The number of ether oxygens (including phenoxy) is 3. The fraction of sp³-hybridized carbons (Fsp3) is 0.833. The molecule has 0 aromatic rings. The maximum Gasteiger partial charge on any atom is 0.327 e. The first-order valence-electron chi connectivity index (χ1n) is 9.20. The van der Waals surface area contributed by atoms with Crippen molar-refractivity contribution in [1.29, 1.82) is 0 Å². The van der Waals surface area contributed by atoms with Gasteiger partial charge < -0.3 is 14.2 Å². The van der Waals surface area contributed by atoms with E-state index in [4.69, 9.17) is 14.2 Å². The highest BCUT2D eigenvalue weighted by atomic mass is 32.2. The van der Waals surface area contributed by atoms with E-state index in [1.54, 1.807) is 41.5 Å². The lowest BCUT2D eigenvalue weighted by atomic mass is 10.0. The van der Waals surface area contributed by atoms with Crippen LogP contribution in [0.25, 0.3) is 0 Å². The van der Waals surface area contributed by atoms with Crippen LogP contribution in [0.2, 0.25) is 0 Å². The molecule has 10 heteroatoms. The van der Waals surface area contributed by atoms with E-state index in [0.717, 1.165) is 0 Å². The van der Waals surface area contributed by atoms with Crippen LogP contribution in [-0.2, 0) is 38.7 Å². The molecule has 0 heterocycles. The highest BCUT2D eigenvalue weighted by Gasteiger charge is 2.46. The molecule has 0 rings (SSSR count). The van der Waals surface area contributed by atoms with Crippen LogP contribution in [0.3, 0.4) is 0 Å². The molecular formula is C18H32O9S. The SMILES string of the molecule is CC(C)COC(=O)CC(C(=O)OCC(C)C)C(C(=O)OCC(C)C)S(=O)(=O)O. The quantitative estimate of drug-likeness (QED) is 0.283. The van der Waals surface area contributed by atoms with Gasteiger partial charge in [0.15, 0.2) is 5.25 Å². The Hall–Kier alpha value is -1.68. The van der Waals surface area contributed by atoms with Crippen molar-refractivity contribution in [2.75, 3.05) is 19.8 Å². The van der Waals surface area contributed by atoms with Crippen LogP contribution >= 0.6 is 0 Å². The van der Waals surface area contributed by atoms with E-state index in [0.29, 0.717) is 0 Å². The molecule has 0 saturated heterocycles. The third-order valence-corrected chi connectivity index (χ3v) is 4.47. The summed E-state index contributed by atoms with van der Waals surface area (Å²) in [6.45, 7) is 10.5. The molecule has 0 aromatic heterocycles. The summed E-state index contributed by atoms with van der Waals surface area (Å²) in [5.74, 6) is -5.23. The van der Waals surface area contributed by atoms with Gasteiger partial charge >= 0.3 is 17.9 Å². The van der Waals surface area contributed by atoms with Crippen molar-refractivity contribution in [2.45, 2.75) is 53.2 Å². The lowest BCUT2D eigenvalue weighted by Gasteiger charge is -2.22. The van der Waals surface area contributed by atoms with Crippen LogP contribution in [0.15, 0.2) is 0 Å². The summed E-state index contributed by atoms with van der Waals surface area (Å²) in [6.07, 6.45) is -0.745. The molecule has 0 amide bonds. The summed E-state index contributed by atoms with van der Waals surface area (Å²) in [5.41, 5.74) is 0. The number of hydrogen-bond donors (Lipinski definition) is 1. The van der Waals surface area contributed by atoms with Gasteiger partial charge in [0.05, 0.1) is 32.2 Å². The van der Waals surface area contributed by atoms with Gasteiger partial charge in [-0.25, -0.2) is 0 Å². The molecule has 164 valence electrons. The molecule has 0 aliphatic carbocycles. The zero-order valence-corrected chi connectivity index (χ0v) is 18.2. The molecule has 0 spiro atoms. The number of rotatable bonds is 12. The van der Waals surface area contributed by atoms with E-state index in [1.165, 1.54) is 0 Å². The summed E-state index contributed by atoms with van der Waals surface area (Å²) >= 11 is 0. The Morgan fingerprint density at radius 3 is 1.54 bits per heavy atom. The summed E-state index contributed by atoms with van der Waals surface area (Å²) in [5, 5.41) is -2.28. The Kier molecular flexibility index (Phi) is 11.3. The van der Waals surface area contributed by atoms with Crippen LogP contribution < -0.4 is 0 Å². The molecular weight excluding hydrogens is 392 g/mol. The standard InChI is InChI=1S/C18H32O9S/c1-11(2)8-25-15(19)7-14(17(20)26-9-12(3)4)16(28(22,23)24)18(21)27-10-13(5)6/h11-14,16H,7-10H2,1-6H3,(H,22,23,24). The average molecular weight is 425 g/mol. The van der Waals surface area contributed by atoms with Crippen molar-refractivity contribution in [3.63, 3.8) is 0 Å². The van der Waals surface area contributed by atoms with E-state index >= 15 is 0 Å². The minimum atomic E-state index is -5.05. The minimum absolute atomic E-state index is 0.0173. The Bertz CT molecular complexity index is 623.